The SMILES string of the molecule is CN(C)CCN(C(=O)O)c1ccc(-c2cnc([C@@H]3CCc4cc(-c5cc(Cl)ccc5-n5cnnn5)cc(=O)n43)[nH]2)cc1. The van der Waals surface area contributed by atoms with Gasteiger partial charge in [-0.25, -0.2) is 9.78 Å². The maximum absolute atomic E-state index is 13.5. The molecule has 12 nitrogen and oxygen atoms in total. The third-order valence-corrected chi connectivity index (χ3v) is 7.64. The van der Waals surface area contributed by atoms with Gasteiger partial charge in [-0.1, -0.05) is 23.7 Å². The Labute approximate surface area is 245 Å². The van der Waals surface area contributed by atoms with Crippen molar-refractivity contribution in [2.45, 2.75) is 18.9 Å². The molecule has 6 rings (SSSR count). The van der Waals surface area contributed by atoms with Crippen LogP contribution in [0.4, 0.5) is 10.5 Å². The molecule has 2 aromatic carbocycles. The van der Waals surface area contributed by atoms with E-state index in [0.29, 0.717) is 41.7 Å². The van der Waals surface area contributed by atoms with Crippen LogP contribution in [0.15, 0.2) is 71.9 Å². The molecule has 0 unspecified atom stereocenters. The average molecular weight is 586 g/mol. The number of pyridine rings is 1. The Hall–Kier alpha value is -4.81. The van der Waals surface area contributed by atoms with Crippen molar-refractivity contribution in [1.82, 2.24) is 39.6 Å². The molecule has 0 spiro atoms. The summed E-state index contributed by atoms with van der Waals surface area (Å²) in [7, 11) is 3.81. The van der Waals surface area contributed by atoms with E-state index in [2.05, 4.69) is 25.5 Å². The Bertz CT molecular complexity index is 1800. The van der Waals surface area contributed by atoms with Crippen LogP contribution in [0, 0.1) is 0 Å². The van der Waals surface area contributed by atoms with Crippen LogP contribution in [0.2, 0.25) is 5.02 Å². The highest BCUT2D eigenvalue weighted by molar-refractivity contribution is 6.31. The molecule has 13 heteroatoms. The number of carboxylic acid groups (broad SMARTS) is 1. The lowest BCUT2D eigenvalue weighted by Gasteiger charge is -2.21. The summed E-state index contributed by atoms with van der Waals surface area (Å²) in [5.74, 6) is 0.693. The number of likely N-dealkylation sites (N-methyl/N-ethyl adjacent to an activating group) is 1. The molecule has 5 aromatic rings. The number of hydrogen-bond acceptors (Lipinski definition) is 7. The van der Waals surface area contributed by atoms with Crippen molar-refractivity contribution < 1.29 is 9.90 Å². The second kappa shape index (κ2) is 11.2. The van der Waals surface area contributed by atoms with Crippen molar-refractivity contribution in [3.05, 3.63) is 94.0 Å². The van der Waals surface area contributed by atoms with Gasteiger partial charge in [0.2, 0.25) is 0 Å². The van der Waals surface area contributed by atoms with E-state index in [0.717, 1.165) is 34.5 Å². The highest BCUT2D eigenvalue weighted by atomic mass is 35.5. The Morgan fingerprint density at radius 1 is 1.10 bits per heavy atom. The van der Waals surface area contributed by atoms with Crippen LogP contribution in [-0.4, -0.2) is 78.0 Å². The van der Waals surface area contributed by atoms with Crippen LogP contribution in [0.3, 0.4) is 0 Å². The third-order valence-electron chi connectivity index (χ3n) is 7.40. The summed E-state index contributed by atoms with van der Waals surface area (Å²) in [4.78, 5) is 36.5. The standard InChI is InChI=1S/C29H28ClN9O3/c1-36(2)11-12-37(29(41)42)21-6-3-18(4-7-21)24-16-31-28(33-24)26-10-8-22-13-19(14-27(40)39(22)26)23-15-20(30)5-9-25(23)38-17-32-34-35-38/h3-7,9,13-17,26H,8,10-12H2,1-2H3,(H,31,33)(H,41,42)/t26-/m0/s1. The summed E-state index contributed by atoms with van der Waals surface area (Å²) in [6.45, 7) is 0.977. The molecular formula is C29H28ClN9O3. The molecule has 42 heavy (non-hydrogen) atoms. The third kappa shape index (κ3) is 5.29. The number of nitrogens with zero attached hydrogens (tertiary/aromatic N) is 8. The van der Waals surface area contributed by atoms with E-state index in [1.54, 1.807) is 45.8 Å². The number of fused-ring (bicyclic) bond motifs is 1. The van der Waals surface area contributed by atoms with Crippen molar-refractivity contribution in [3.8, 4) is 28.1 Å². The number of tetrazole rings is 1. The van der Waals surface area contributed by atoms with E-state index in [-0.39, 0.29) is 11.6 Å². The molecule has 0 aliphatic carbocycles. The van der Waals surface area contributed by atoms with Crippen molar-refractivity contribution in [3.63, 3.8) is 0 Å². The number of aryl methyl sites for hydroxylation is 1. The minimum Gasteiger partial charge on any atom is -0.465 e. The number of hydrogen-bond donors (Lipinski definition) is 2. The minimum atomic E-state index is -0.996. The quantitative estimate of drug-likeness (QED) is 0.277. The molecule has 1 amide bonds. The number of amides is 1. The molecule has 0 bridgehead atoms. The second-order valence-electron chi connectivity index (χ2n) is 10.4. The summed E-state index contributed by atoms with van der Waals surface area (Å²) >= 11 is 6.32. The van der Waals surface area contributed by atoms with Gasteiger partial charge in [-0.2, -0.15) is 4.68 Å². The van der Waals surface area contributed by atoms with Gasteiger partial charge in [0.15, 0.2) is 0 Å². The Morgan fingerprint density at radius 2 is 1.90 bits per heavy atom. The second-order valence-corrected chi connectivity index (χ2v) is 10.8. The van der Waals surface area contributed by atoms with Crippen LogP contribution >= 0.6 is 11.6 Å². The van der Waals surface area contributed by atoms with Gasteiger partial charge < -0.3 is 19.6 Å². The van der Waals surface area contributed by atoms with Crippen molar-refractivity contribution in [2.24, 2.45) is 0 Å². The zero-order valence-corrected chi connectivity index (χ0v) is 23.7. The molecule has 4 heterocycles. The molecule has 3 aromatic heterocycles. The van der Waals surface area contributed by atoms with Gasteiger partial charge in [-0.15, -0.1) is 5.10 Å². The van der Waals surface area contributed by atoms with E-state index < -0.39 is 6.09 Å². The highest BCUT2D eigenvalue weighted by Gasteiger charge is 2.28. The van der Waals surface area contributed by atoms with Crippen LogP contribution < -0.4 is 10.5 Å². The number of aromatic amines is 1. The largest absolute Gasteiger partial charge is 0.465 e. The van der Waals surface area contributed by atoms with E-state index in [9.17, 15) is 14.7 Å². The molecule has 0 fully saturated rings. The first-order chi connectivity index (χ1) is 20.3. The number of benzene rings is 2. The number of H-pyrrole nitrogens is 1. The van der Waals surface area contributed by atoms with Gasteiger partial charge in [-0.3, -0.25) is 9.69 Å². The maximum Gasteiger partial charge on any atom is 0.411 e. The Balaban J connectivity index is 1.26. The lowest BCUT2D eigenvalue weighted by molar-refractivity contribution is 0.201. The number of nitrogens with one attached hydrogen (secondary N) is 1. The van der Waals surface area contributed by atoms with E-state index in [4.69, 9.17) is 11.6 Å². The Kier molecular flexibility index (Phi) is 7.31. The molecule has 1 atom stereocenters. The minimum absolute atomic E-state index is 0.138. The van der Waals surface area contributed by atoms with Gasteiger partial charge in [0.25, 0.3) is 5.56 Å². The van der Waals surface area contributed by atoms with Crippen molar-refractivity contribution >= 4 is 23.4 Å². The van der Waals surface area contributed by atoms with Crippen molar-refractivity contribution in [2.75, 3.05) is 32.1 Å². The maximum atomic E-state index is 13.5. The van der Waals surface area contributed by atoms with E-state index in [1.165, 1.54) is 11.2 Å². The number of rotatable bonds is 8. The van der Waals surface area contributed by atoms with Crippen LogP contribution in [0.5, 0.6) is 0 Å². The average Bonchev–Trinajstić information content (AvgIpc) is 3.74. The predicted molar refractivity (Wildman–Crippen MR) is 158 cm³/mol. The Morgan fingerprint density at radius 3 is 2.62 bits per heavy atom. The predicted octanol–water partition coefficient (Wildman–Crippen LogP) is 4.12. The lowest BCUT2D eigenvalue weighted by atomic mass is 10.0. The molecule has 0 saturated carbocycles. The summed E-state index contributed by atoms with van der Waals surface area (Å²) in [6, 6.07) is 16.1. The summed E-state index contributed by atoms with van der Waals surface area (Å²) < 4.78 is 3.32. The zero-order valence-electron chi connectivity index (χ0n) is 23.0. The number of carbonyl (C=O) groups is 1. The zero-order chi connectivity index (χ0) is 29.4. The van der Waals surface area contributed by atoms with Crippen LogP contribution in [-0.2, 0) is 6.42 Å². The normalized spacial score (nSPS) is 14.3. The number of aromatic nitrogens is 7. The summed E-state index contributed by atoms with van der Waals surface area (Å²) in [6.07, 6.45) is 3.67. The van der Waals surface area contributed by atoms with Gasteiger partial charge in [-0.05, 0) is 84.9 Å². The molecule has 2 N–H and O–H groups in total. The van der Waals surface area contributed by atoms with Crippen LogP contribution in [0.25, 0.3) is 28.1 Å². The number of anilines is 1. The molecule has 0 radical (unpaired) electrons. The summed E-state index contributed by atoms with van der Waals surface area (Å²) in [5, 5.41) is 21.6. The molecule has 1 aliphatic heterocycles. The van der Waals surface area contributed by atoms with Gasteiger partial charge in [0.05, 0.1) is 23.6 Å². The molecule has 0 saturated heterocycles. The molecule has 214 valence electrons. The number of imidazole rings is 1. The van der Waals surface area contributed by atoms with Gasteiger partial charge >= 0.3 is 6.09 Å². The lowest BCUT2D eigenvalue weighted by Crippen LogP contribution is -2.35. The fraction of sp³-hybridized carbons (Fsp3) is 0.241. The number of halogens is 1. The van der Waals surface area contributed by atoms with Gasteiger partial charge in [0, 0.05) is 41.1 Å². The smallest absolute Gasteiger partial charge is 0.411 e. The fourth-order valence-electron chi connectivity index (χ4n) is 5.33. The molecular weight excluding hydrogens is 558 g/mol. The van der Waals surface area contributed by atoms with E-state index >= 15 is 0 Å². The highest BCUT2D eigenvalue weighted by Crippen LogP contribution is 2.34. The fourth-order valence-corrected chi connectivity index (χ4v) is 5.50. The summed E-state index contributed by atoms with van der Waals surface area (Å²) in [5.41, 5.74) is 5.23. The first-order valence-electron chi connectivity index (χ1n) is 13.4. The molecule has 1 aliphatic rings. The monoisotopic (exact) mass is 585 g/mol. The van der Waals surface area contributed by atoms with Crippen molar-refractivity contribution in [1.29, 1.82) is 0 Å². The topological polar surface area (TPSA) is 138 Å². The first-order valence-corrected chi connectivity index (χ1v) is 13.8. The first kappa shape index (κ1) is 27.4. The van der Waals surface area contributed by atoms with Gasteiger partial charge in [0.1, 0.15) is 12.2 Å². The van der Waals surface area contributed by atoms with Crippen LogP contribution in [0.1, 0.15) is 24.0 Å². The van der Waals surface area contributed by atoms with E-state index in [1.807, 2.05) is 43.3 Å².